The molecule has 1 aliphatic heterocycles. The van der Waals surface area contributed by atoms with Crippen LogP contribution < -0.4 is 10.1 Å². The Kier molecular flexibility index (Phi) is 8.73. The summed E-state index contributed by atoms with van der Waals surface area (Å²) in [5.41, 5.74) is 2.52. The molecule has 0 bridgehead atoms. The fourth-order valence-corrected chi connectivity index (χ4v) is 3.27. The quantitative estimate of drug-likeness (QED) is 0.746. The number of nitrogens with one attached hydrogen (secondary N) is 1. The van der Waals surface area contributed by atoms with Crippen LogP contribution in [0.4, 0.5) is 9.18 Å². The number of halogens is 2. The summed E-state index contributed by atoms with van der Waals surface area (Å²) < 4.78 is 25.3. The number of hydrogen-bond acceptors (Lipinski definition) is 4. The second-order valence-corrected chi connectivity index (χ2v) is 6.98. The summed E-state index contributed by atoms with van der Waals surface area (Å²) in [7, 11) is 0. The lowest BCUT2D eigenvalue weighted by atomic mass is 10.1. The molecule has 5 nitrogen and oxygen atoms in total. The van der Waals surface area contributed by atoms with Crippen molar-refractivity contribution in [2.45, 2.75) is 39.5 Å². The summed E-state index contributed by atoms with van der Waals surface area (Å²) in [4.78, 5) is 14.1. The molecule has 1 fully saturated rings. The monoisotopic (exact) mass is 422 g/mol. The van der Waals surface area contributed by atoms with E-state index in [1.165, 1.54) is 6.07 Å². The normalized spacial score (nSPS) is 16.1. The highest BCUT2D eigenvalue weighted by atomic mass is 35.5. The second kappa shape index (κ2) is 11.0. The number of amides is 1. The fraction of sp³-hybridized carbons (Fsp3) is 0.409. The maximum atomic E-state index is 14.2. The lowest BCUT2D eigenvalue weighted by Gasteiger charge is -2.34. The van der Waals surface area contributed by atoms with Crippen LogP contribution in [0, 0.1) is 12.7 Å². The molecular weight excluding hydrogens is 395 g/mol. The average Bonchev–Trinajstić information content (AvgIpc) is 2.73. The molecule has 0 aliphatic carbocycles. The van der Waals surface area contributed by atoms with Crippen molar-refractivity contribution in [1.82, 2.24) is 10.2 Å². The van der Waals surface area contributed by atoms with Gasteiger partial charge >= 0.3 is 6.09 Å². The SMILES string of the molecule is CC[C@@H]1CNCCN1C(=O)OCc1cc(OCc2ccccc2C)ccc1F.Cl. The summed E-state index contributed by atoms with van der Waals surface area (Å²) in [5, 5.41) is 3.27. The van der Waals surface area contributed by atoms with Crippen LogP contribution in [-0.4, -0.2) is 36.7 Å². The van der Waals surface area contributed by atoms with Crippen LogP contribution in [0.5, 0.6) is 5.75 Å². The van der Waals surface area contributed by atoms with Gasteiger partial charge < -0.3 is 19.7 Å². The van der Waals surface area contributed by atoms with Gasteiger partial charge in [-0.05, 0) is 42.7 Å². The van der Waals surface area contributed by atoms with Gasteiger partial charge in [0, 0.05) is 31.2 Å². The zero-order valence-electron chi connectivity index (χ0n) is 16.8. The van der Waals surface area contributed by atoms with Gasteiger partial charge in [0.25, 0.3) is 0 Å². The molecule has 0 radical (unpaired) electrons. The van der Waals surface area contributed by atoms with Crippen molar-refractivity contribution < 1.29 is 18.7 Å². The summed E-state index contributed by atoms with van der Waals surface area (Å²) in [6.45, 7) is 6.42. The van der Waals surface area contributed by atoms with Crippen molar-refractivity contribution in [2.24, 2.45) is 0 Å². The summed E-state index contributed by atoms with van der Waals surface area (Å²) >= 11 is 0. The molecule has 0 spiro atoms. The van der Waals surface area contributed by atoms with Crippen LogP contribution in [0.15, 0.2) is 42.5 Å². The number of nitrogens with zero attached hydrogens (tertiary/aromatic N) is 1. The van der Waals surface area contributed by atoms with Crippen molar-refractivity contribution >= 4 is 18.5 Å². The minimum Gasteiger partial charge on any atom is -0.489 e. The third-order valence-corrected chi connectivity index (χ3v) is 5.08. The molecule has 3 rings (SSSR count). The molecule has 1 atom stereocenters. The molecule has 1 amide bonds. The van der Waals surface area contributed by atoms with Crippen LogP contribution in [0.25, 0.3) is 0 Å². The van der Waals surface area contributed by atoms with Gasteiger partial charge in [0.15, 0.2) is 0 Å². The molecule has 1 heterocycles. The van der Waals surface area contributed by atoms with Crippen LogP contribution in [-0.2, 0) is 18.0 Å². The average molecular weight is 423 g/mol. The molecule has 158 valence electrons. The largest absolute Gasteiger partial charge is 0.489 e. The predicted octanol–water partition coefficient (Wildman–Crippen LogP) is 4.46. The first kappa shape index (κ1) is 23.0. The van der Waals surface area contributed by atoms with Gasteiger partial charge in [0.1, 0.15) is 24.8 Å². The Morgan fingerprint density at radius 1 is 1.21 bits per heavy atom. The molecular formula is C22H28ClFN2O3. The first-order valence-corrected chi connectivity index (χ1v) is 9.68. The number of ether oxygens (including phenoxy) is 2. The number of hydrogen-bond donors (Lipinski definition) is 1. The maximum Gasteiger partial charge on any atom is 0.410 e. The highest BCUT2D eigenvalue weighted by Gasteiger charge is 2.26. The van der Waals surface area contributed by atoms with Gasteiger partial charge in [-0.25, -0.2) is 9.18 Å². The van der Waals surface area contributed by atoms with Gasteiger partial charge in [-0.1, -0.05) is 31.2 Å². The third-order valence-electron chi connectivity index (χ3n) is 5.08. The molecule has 7 heteroatoms. The van der Waals surface area contributed by atoms with Crippen LogP contribution in [0.1, 0.15) is 30.0 Å². The standard InChI is InChI=1S/C22H27FN2O3.ClH/c1-3-19-13-24-10-11-25(19)22(26)28-15-18-12-20(8-9-21(18)23)27-14-17-7-5-4-6-16(17)2;/h4-9,12,19,24H,3,10-11,13-15H2,1-2H3;1H/t19-;/m1./s1. The van der Waals surface area contributed by atoms with E-state index in [0.29, 0.717) is 24.5 Å². The Bertz CT molecular complexity index is 818. The van der Waals surface area contributed by atoms with Crippen molar-refractivity contribution in [2.75, 3.05) is 19.6 Å². The Morgan fingerprint density at radius 2 is 2.00 bits per heavy atom. The van der Waals surface area contributed by atoms with E-state index >= 15 is 0 Å². The minimum absolute atomic E-state index is 0. The highest BCUT2D eigenvalue weighted by molar-refractivity contribution is 5.85. The van der Waals surface area contributed by atoms with Crippen molar-refractivity contribution in [3.63, 3.8) is 0 Å². The van der Waals surface area contributed by atoms with Gasteiger partial charge in [-0.2, -0.15) is 0 Å². The number of carbonyl (C=O) groups is 1. The molecule has 2 aromatic carbocycles. The van der Waals surface area contributed by atoms with E-state index < -0.39 is 11.9 Å². The van der Waals surface area contributed by atoms with Gasteiger partial charge in [-0.3, -0.25) is 0 Å². The van der Waals surface area contributed by atoms with Crippen molar-refractivity contribution in [1.29, 1.82) is 0 Å². The molecule has 29 heavy (non-hydrogen) atoms. The van der Waals surface area contributed by atoms with Crippen molar-refractivity contribution in [3.05, 3.63) is 65.0 Å². The molecule has 1 N–H and O–H groups in total. The summed E-state index contributed by atoms with van der Waals surface area (Å²) in [5.74, 6) is 0.132. The number of benzene rings is 2. The summed E-state index contributed by atoms with van der Waals surface area (Å²) in [6.07, 6.45) is 0.442. The first-order valence-electron chi connectivity index (χ1n) is 9.68. The molecule has 0 aromatic heterocycles. The zero-order valence-corrected chi connectivity index (χ0v) is 17.6. The smallest absolute Gasteiger partial charge is 0.410 e. The number of piperazine rings is 1. The van der Waals surface area contributed by atoms with E-state index in [4.69, 9.17) is 9.47 Å². The topological polar surface area (TPSA) is 50.8 Å². The van der Waals surface area contributed by atoms with E-state index in [1.54, 1.807) is 17.0 Å². The zero-order chi connectivity index (χ0) is 19.9. The predicted molar refractivity (Wildman–Crippen MR) is 113 cm³/mol. The van der Waals surface area contributed by atoms with E-state index in [9.17, 15) is 9.18 Å². The Morgan fingerprint density at radius 3 is 2.76 bits per heavy atom. The van der Waals surface area contributed by atoms with E-state index in [0.717, 1.165) is 30.6 Å². The third kappa shape index (κ3) is 6.08. The Balaban J connectivity index is 0.00000300. The lowest BCUT2D eigenvalue weighted by molar-refractivity contribution is 0.0706. The number of aryl methyl sites for hydroxylation is 1. The van der Waals surface area contributed by atoms with E-state index in [1.807, 2.05) is 38.1 Å². The Hall–Kier alpha value is -2.31. The second-order valence-electron chi connectivity index (χ2n) is 6.98. The van der Waals surface area contributed by atoms with Gasteiger partial charge in [0.05, 0.1) is 0 Å². The molecule has 0 saturated carbocycles. The Labute approximate surface area is 177 Å². The van der Waals surface area contributed by atoms with Gasteiger partial charge in [-0.15, -0.1) is 12.4 Å². The molecule has 0 unspecified atom stereocenters. The lowest BCUT2D eigenvalue weighted by Crippen LogP contribution is -2.53. The van der Waals surface area contributed by atoms with E-state index in [2.05, 4.69) is 5.32 Å². The highest BCUT2D eigenvalue weighted by Crippen LogP contribution is 2.20. The summed E-state index contributed by atoms with van der Waals surface area (Å²) in [6, 6.07) is 12.6. The fourth-order valence-electron chi connectivity index (χ4n) is 3.27. The molecule has 1 aliphatic rings. The maximum absolute atomic E-state index is 14.2. The minimum atomic E-state index is -0.414. The van der Waals surface area contributed by atoms with Crippen LogP contribution in [0.2, 0.25) is 0 Å². The number of rotatable bonds is 6. The first-order chi connectivity index (χ1) is 13.6. The van der Waals surface area contributed by atoms with Crippen LogP contribution in [0.3, 0.4) is 0 Å². The molecule has 1 saturated heterocycles. The van der Waals surface area contributed by atoms with Gasteiger partial charge in [0.2, 0.25) is 0 Å². The van der Waals surface area contributed by atoms with Crippen molar-refractivity contribution in [3.8, 4) is 5.75 Å². The molecule has 2 aromatic rings. The van der Waals surface area contributed by atoms with E-state index in [-0.39, 0.29) is 25.1 Å². The van der Waals surface area contributed by atoms with Crippen LogP contribution >= 0.6 is 12.4 Å². The number of carbonyl (C=O) groups excluding carboxylic acids is 1.